The Balaban J connectivity index is 1.20. The molecule has 1 atom stereocenters. The normalized spacial score (nSPS) is 16.3. The summed E-state index contributed by atoms with van der Waals surface area (Å²) in [6, 6.07) is 18.8. The maximum atomic E-state index is 11.4. The van der Waals surface area contributed by atoms with E-state index in [1.807, 2.05) is 27.4 Å². The van der Waals surface area contributed by atoms with Crippen molar-refractivity contribution in [2.45, 2.75) is 38.6 Å². The monoisotopic (exact) mass is 523 g/mol. The van der Waals surface area contributed by atoms with E-state index in [9.17, 15) is 9.90 Å². The first-order valence-corrected chi connectivity index (χ1v) is 13.6. The van der Waals surface area contributed by atoms with Gasteiger partial charge in [-0.15, -0.1) is 0 Å². The number of aromatic nitrogens is 5. The first-order valence-electron chi connectivity index (χ1n) is 13.6. The summed E-state index contributed by atoms with van der Waals surface area (Å²) in [5.41, 5.74) is 12.4. The van der Waals surface area contributed by atoms with E-state index in [1.54, 1.807) is 0 Å². The quantitative estimate of drug-likeness (QED) is 0.274. The Morgan fingerprint density at radius 2 is 1.97 bits per heavy atom. The number of anilines is 1. The van der Waals surface area contributed by atoms with Crippen LogP contribution in [0, 0.1) is 5.92 Å². The van der Waals surface area contributed by atoms with Crippen LogP contribution in [0.15, 0.2) is 67.1 Å². The first kappa shape index (κ1) is 25.1. The summed E-state index contributed by atoms with van der Waals surface area (Å²) in [4.78, 5) is 17.9. The van der Waals surface area contributed by atoms with Crippen molar-refractivity contribution in [3.63, 3.8) is 0 Å². The second-order valence-electron chi connectivity index (χ2n) is 10.5. The van der Waals surface area contributed by atoms with Gasteiger partial charge >= 0.3 is 5.97 Å². The van der Waals surface area contributed by atoms with Gasteiger partial charge in [0.05, 0.1) is 18.0 Å². The van der Waals surface area contributed by atoms with Crippen molar-refractivity contribution in [1.29, 1.82) is 0 Å². The maximum absolute atomic E-state index is 11.4. The predicted octanol–water partition coefficient (Wildman–Crippen LogP) is 4.50. The van der Waals surface area contributed by atoms with Gasteiger partial charge in [-0.05, 0) is 68.5 Å². The zero-order chi connectivity index (χ0) is 26.8. The molecule has 0 bridgehead atoms. The molecule has 3 N–H and O–H groups in total. The number of benzene rings is 2. The molecule has 1 saturated heterocycles. The number of hydrogen-bond acceptors (Lipinski definition) is 6. The highest BCUT2D eigenvalue weighted by atomic mass is 16.4. The number of unbranched alkanes of at least 4 members (excludes halogenated alkanes) is 1. The minimum Gasteiger partial charge on any atom is -0.481 e. The highest BCUT2D eigenvalue weighted by Gasteiger charge is 2.25. The summed E-state index contributed by atoms with van der Waals surface area (Å²) in [5, 5.41) is 19.8. The minimum absolute atomic E-state index is 0.238. The Morgan fingerprint density at radius 1 is 1.10 bits per heavy atom. The number of nitrogens with zero attached hydrogens (tertiary/aromatic N) is 6. The van der Waals surface area contributed by atoms with E-state index in [4.69, 9.17) is 10.8 Å². The average Bonchev–Trinajstić information content (AvgIpc) is 3.53. The van der Waals surface area contributed by atoms with Gasteiger partial charge in [-0.1, -0.05) is 42.5 Å². The van der Waals surface area contributed by atoms with Crippen molar-refractivity contribution in [3.05, 3.63) is 78.4 Å². The summed E-state index contributed by atoms with van der Waals surface area (Å²) in [6.45, 7) is 3.27. The van der Waals surface area contributed by atoms with Gasteiger partial charge in [-0.3, -0.25) is 9.48 Å². The molecule has 9 heteroatoms. The molecule has 1 aliphatic heterocycles. The molecule has 0 saturated carbocycles. The number of hydrogen-bond donors (Lipinski definition) is 2. The molecule has 0 aliphatic carbocycles. The van der Waals surface area contributed by atoms with Gasteiger partial charge in [0.15, 0.2) is 5.82 Å². The van der Waals surface area contributed by atoms with Crippen molar-refractivity contribution < 1.29 is 9.90 Å². The van der Waals surface area contributed by atoms with Crippen molar-refractivity contribution in [2.24, 2.45) is 5.92 Å². The molecule has 5 aromatic rings. The lowest BCUT2D eigenvalue weighted by molar-refractivity contribution is -0.143. The third-order valence-electron chi connectivity index (χ3n) is 7.72. The van der Waals surface area contributed by atoms with Crippen LogP contribution in [0.2, 0.25) is 0 Å². The number of carbonyl (C=O) groups is 1. The van der Waals surface area contributed by atoms with Crippen LogP contribution in [0.5, 0.6) is 0 Å². The van der Waals surface area contributed by atoms with Crippen LogP contribution in [-0.4, -0.2) is 60.0 Å². The Labute approximate surface area is 226 Å². The van der Waals surface area contributed by atoms with Crippen LogP contribution in [0.4, 0.5) is 5.82 Å². The lowest BCUT2D eigenvalue weighted by atomic mass is 9.98. The van der Waals surface area contributed by atoms with Gasteiger partial charge < -0.3 is 15.7 Å². The van der Waals surface area contributed by atoms with Gasteiger partial charge in [0, 0.05) is 29.4 Å². The topological polar surface area (TPSA) is 115 Å². The zero-order valence-electron chi connectivity index (χ0n) is 21.9. The van der Waals surface area contributed by atoms with E-state index in [0.29, 0.717) is 12.4 Å². The Morgan fingerprint density at radius 3 is 2.82 bits per heavy atom. The number of fused-ring (bicyclic) bond motifs is 2. The largest absolute Gasteiger partial charge is 0.481 e. The van der Waals surface area contributed by atoms with Crippen molar-refractivity contribution in [1.82, 2.24) is 29.3 Å². The van der Waals surface area contributed by atoms with Crippen LogP contribution in [0.25, 0.3) is 27.5 Å². The first-order chi connectivity index (χ1) is 19.0. The molecule has 0 radical (unpaired) electrons. The second-order valence-corrected chi connectivity index (χ2v) is 10.5. The van der Waals surface area contributed by atoms with Gasteiger partial charge in [-0.25, -0.2) is 9.50 Å². The van der Waals surface area contributed by atoms with E-state index in [-0.39, 0.29) is 5.92 Å². The van der Waals surface area contributed by atoms with Crippen LogP contribution in [0.3, 0.4) is 0 Å². The molecule has 200 valence electrons. The molecular weight excluding hydrogens is 490 g/mol. The molecule has 2 aromatic carbocycles. The smallest absolute Gasteiger partial charge is 0.307 e. The van der Waals surface area contributed by atoms with Crippen molar-refractivity contribution >= 4 is 28.2 Å². The van der Waals surface area contributed by atoms with Crippen LogP contribution in [-0.2, 0) is 17.8 Å². The second kappa shape index (κ2) is 10.9. The molecule has 4 heterocycles. The Hall–Kier alpha value is -4.24. The van der Waals surface area contributed by atoms with E-state index in [2.05, 4.69) is 57.6 Å². The molecule has 1 unspecified atom stereocenters. The number of rotatable bonds is 9. The van der Waals surface area contributed by atoms with E-state index >= 15 is 0 Å². The highest BCUT2D eigenvalue weighted by Crippen LogP contribution is 2.32. The zero-order valence-corrected chi connectivity index (χ0v) is 21.9. The molecule has 6 rings (SSSR count). The fourth-order valence-electron chi connectivity index (χ4n) is 5.72. The number of likely N-dealkylation sites (tertiary alicyclic amines) is 1. The summed E-state index contributed by atoms with van der Waals surface area (Å²) in [5.74, 6) is -0.461. The van der Waals surface area contributed by atoms with Crippen LogP contribution >= 0.6 is 0 Å². The van der Waals surface area contributed by atoms with Gasteiger partial charge in [0.25, 0.3) is 0 Å². The number of nitrogens with two attached hydrogens (primary N) is 1. The fourth-order valence-corrected chi connectivity index (χ4v) is 5.72. The number of nitrogen functional groups attached to an aromatic ring is 1. The average molecular weight is 524 g/mol. The van der Waals surface area contributed by atoms with Crippen LogP contribution in [0.1, 0.15) is 36.9 Å². The van der Waals surface area contributed by atoms with Crippen molar-refractivity contribution in [2.75, 3.05) is 25.4 Å². The summed E-state index contributed by atoms with van der Waals surface area (Å²) in [6.07, 6.45) is 8.14. The molecule has 0 spiro atoms. The third kappa shape index (κ3) is 5.35. The Kier molecular flexibility index (Phi) is 6.98. The molecule has 0 amide bonds. The number of piperidine rings is 1. The summed E-state index contributed by atoms with van der Waals surface area (Å²) in [7, 11) is 0. The van der Waals surface area contributed by atoms with E-state index in [1.165, 1.54) is 11.9 Å². The van der Waals surface area contributed by atoms with Crippen LogP contribution < -0.4 is 5.73 Å². The Bertz CT molecular complexity index is 1610. The van der Waals surface area contributed by atoms with E-state index in [0.717, 1.165) is 85.0 Å². The maximum Gasteiger partial charge on any atom is 0.307 e. The molecule has 3 aromatic heterocycles. The fraction of sp³-hybridized carbons (Fsp3) is 0.333. The van der Waals surface area contributed by atoms with Crippen molar-refractivity contribution in [3.8, 4) is 11.1 Å². The number of aryl methyl sites for hydroxylation is 1. The molecule has 1 fully saturated rings. The van der Waals surface area contributed by atoms with Gasteiger partial charge in [0.2, 0.25) is 0 Å². The SMILES string of the molecule is Nc1ncnn2c(CCCCN3CCCC(C(=O)O)C3)cc(-c3ccc4cn(Cc5ccccc5)nc4c3)c12. The summed E-state index contributed by atoms with van der Waals surface area (Å²) < 4.78 is 3.89. The molecular formula is C30H33N7O2. The molecule has 1 aliphatic rings. The van der Waals surface area contributed by atoms with Gasteiger partial charge in [-0.2, -0.15) is 10.2 Å². The number of carboxylic acids is 1. The molecule has 9 nitrogen and oxygen atoms in total. The number of aliphatic carboxylic acids is 1. The highest BCUT2D eigenvalue weighted by molar-refractivity contribution is 5.92. The lowest BCUT2D eigenvalue weighted by Gasteiger charge is -2.30. The molecule has 39 heavy (non-hydrogen) atoms. The van der Waals surface area contributed by atoms with Gasteiger partial charge in [0.1, 0.15) is 11.8 Å². The minimum atomic E-state index is -0.676. The summed E-state index contributed by atoms with van der Waals surface area (Å²) >= 11 is 0. The third-order valence-corrected chi connectivity index (χ3v) is 7.72. The van der Waals surface area contributed by atoms with E-state index < -0.39 is 5.97 Å². The standard InChI is InChI=1S/C30H33N7O2/c31-29-28-26(22-11-12-23-19-36(34-27(23)15-22)17-21-7-2-1-3-8-21)16-25(37(28)33-20-32-29)10-4-5-13-35-14-6-9-24(18-35)30(38)39/h1-3,7-8,11-12,15-16,19-20,24H,4-6,9-10,13-14,17-18H2,(H,38,39)(H2,31,32,33). The number of carboxylic acid groups (broad SMARTS) is 1. The predicted molar refractivity (Wildman–Crippen MR) is 151 cm³/mol. The lowest BCUT2D eigenvalue weighted by Crippen LogP contribution is -2.39.